The summed E-state index contributed by atoms with van der Waals surface area (Å²) in [5.74, 6) is 0.803. The minimum Gasteiger partial charge on any atom is -0.490 e. The molecule has 0 heterocycles. The van der Waals surface area contributed by atoms with E-state index in [0.717, 1.165) is 29.7 Å². The van der Waals surface area contributed by atoms with Gasteiger partial charge in [0.05, 0.1) is 17.7 Å². The molecule has 20 heavy (non-hydrogen) atoms. The van der Waals surface area contributed by atoms with Crippen molar-refractivity contribution in [1.82, 2.24) is 0 Å². The van der Waals surface area contributed by atoms with Gasteiger partial charge in [-0.1, -0.05) is 24.3 Å². The van der Waals surface area contributed by atoms with Crippen LogP contribution in [0, 0.1) is 11.3 Å². The van der Waals surface area contributed by atoms with Crippen LogP contribution in [-0.2, 0) is 0 Å². The van der Waals surface area contributed by atoms with E-state index in [9.17, 15) is 5.11 Å². The number of nitrogens with zero attached hydrogens (tertiary/aromatic N) is 1. The Morgan fingerprint density at radius 1 is 1.10 bits per heavy atom. The van der Waals surface area contributed by atoms with Crippen molar-refractivity contribution in [1.29, 1.82) is 5.26 Å². The summed E-state index contributed by atoms with van der Waals surface area (Å²) < 4.78 is 5.73. The number of hydrogen-bond donors (Lipinski definition) is 1. The van der Waals surface area contributed by atoms with Gasteiger partial charge in [-0.25, -0.2) is 0 Å². The monoisotopic (exact) mass is 265 g/mol. The van der Waals surface area contributed by atoms with Crippen LogP contribution in [0.2, 0.25) is 0 Å². The Bertz CT molecular complexity index is 639. The summed E-state index contributed by atoms with van der Waals surface area (Å²) in [5, 5.41) is 19.2. The van der Waals surface area contributed by atoms with E-state index in [1.807, 2.05) is 24.3 Å². The molecule has 0 bridgehead atoms. The van der Waals surface area contributed by atoms with Crippen molar-refractivity contribution in [3.63, 3.8) is 0 Å². The van der Waals surface area contributed by atoms with Crippen LogP contribution < -0.4 is 4.74 Å². The van der Waals surface area contributed by atoms with Gasteiger partial charge in [0.15, 0.2) is 0 Å². The molecule has 2 aromatic rings. The molecule has 0 radical (unpaired) electrons. The van der Waals surface area contributed by atoms with Gasteiger partial charge in [-0.2, -0.15) is 5.26 Å². The van der Waals surface area contributed by atoms with Gasteiger partial charge in [0, 0.05) is 0 Å². The second kappa shape index (κ2) is 5.36. The van der Waals surface area contributed by atoms with Crippen LogP contribution in [0.3, 0.4) is 0 Å². The Labute approximate surface area is 118 Å². The second-order valence-corrected chi connectivity index (χ2v) is 5.03. The molecule has 3 nitrogen and oxygen atoms in total. The largest absolute Gasteiger partial charge is 0.490 e. The molecule has 0 aliphatic heterocycles. The normalized spacial score (nSPS) is 15.4. The van der Waals surface area contributed by atoms with Crippen molar-refractivity contribution >= 4 is 0 Å². The Morgan fingerprint density at radius 3 is 2.50 bits per heavy atom. The lowest BCUT2D eigenvalue weighted by Crippen LogP contribution is -2.01. The van der Waals surface area contributed by atoms with Gasteiger partial charge >= 0.3 is 0 Å². The molecule has 0 saturated heterocycles. The van der Waals surface area contributed by atoms with Gasteiger partial charge < -0.3 is 9.84 Å². The van der Waals surface area contributed by atoms with Crippen LogP contribution in [0.25, 0.3) is 0 Å². The molecule has 1 aliphatic carbocycles. The van der Waals surface area contributed by atoms with E-state index < -0.39 is 6.10 Å². The van der Waals surface area contributed by atoms with Crippen LogP contribution in [-0.4, -0.2) is 11.2 Å². The summed E-state index contributed by atoms with van der Waals surface area (Å²) in [6.45, 7) is 0. The molecule has 1 fully saturated rings. The van der Waals surface area contributed by atoms with Crippen molar-refractivity contribution in [3.8, 4) is 11.8 Å². The fraction of sp³-hybridized carbons (Fsp3) is 0.235. The topological polar surface area (TPSA) is 53.2 Å². The highest BCUT2D eigenvalue weighted by molar-refractivity contribution is 5.38. The number of aliphatic hydroxyl groups excluding tert-OH is 1. The lowest BCUT2D eigenvalue weighted by atomic mass is 10.0. The minimum absolute atomic E-state index is 0.345. The van der Waals surface area contributed by atoms with Crippen molar-refractivity contribution in [2.75, 3.05) is 0 Å². The number of nitriles is 1. The number of rotatable bonds is 4. The van der Waals surface area contributed by atoms with Gasteiger partial charge in [0.2, 0.25) is 0 Å². The van der Waals surface area contributed by atoms with E-state index >= 15 is 0 Å². The number of hydrogen-bond acceptors (Lipinski definition) is 3. The van der Waals surface area contributed by atoms with Gasteiger partial charge in [-0.3, -0.25) is 0 Å². The highest BCUT2D eigenvalue weighted by atomic mass is 16.5. The van der Waals surface area contributed by atoms with Gasteiger partial charge in [-0.05, 0) is 48.2 Å². The van der Waals surface area contributed by atoms with E-state index in [1.54, 1.807) is 24.3 Å². The molecule has 1 unspecified atom stereocenters. The Balaban J connectivity index is 1.81. The Morgan fingerprint density at radius 2 is 1.85 bits per heavy atom. The van der Waals surface area contributed by atoms with Gasteiger partial charge in [0.25, 0.3) is 0 Å². The van der Waals surface area contributed by atoms with Crippen molar-refractivity contribution < 1.29 is 9.84 Å². The number of benzene rings is 2. The summed E-state index contributed by atoms with van der Waals surface area (Å²) in [5.41, 5.74) is 2.16. The van der Waals surface area contributed by atoms with E-state index in [-0.39, 0.29) is 0 Å². The lowest BCUT2D eigenvalue weighted by molar-refractivity contribution is 0.219. The third kappa shape index (κ3) is 2.81. The first-order chi connectivity index (χ1) is 9.76. The summed E-state index contributed by atoms with van der Waals surface area (Å²) in [6, 6.07) is 16.6. The van der Waals surface area contributed by atoms with Crippen LogP contribution in [0.15, 0.2) is 48.5 Å². The second-order valence-electron chi connectivity index (χ2n) is 5.03. The predicted octanol–water partition coefficient (Wildman–Crippen LogP) is 3.18. The highest BCUT2D eigenvalue weighted by Crippen LogP contribution is 2.30. The smallest absolute Gasteiger partial charge is 0.120 e. The van der Waals surface area contributed by atoms with Crippen molar-refractivity contribution in [2.24, 2.45) is 0 Å². The van der Waals surface area contributed by atoms with Gasteiger partial charge in [0.1, 0.15) is 11.9 Å². The molecule has 3 heteroatoms. The quantitative estimate of drug-likeness (QED) is 0.923. The van der Waals surface area contributed by atoms with E-state index in [0.29, 0.717) is 11.7 Å². The molecular weight excluding hydrogens is 250 g/mol. The summed E-state index contributed by atoms with van der Waals surface area (Å²) in [4.78, 5) is 0. The van der Waals surface area contributed by atoms with Crippen molar-refractivity contribution in [2.45, 2.75) is 25.0 Å². The standard InChI is InChI=1S/C17H15NO2/c18-11-12-4-6-13(7-5-12)17(19)14-2-1-3-16(10-14)20-15-8-9-15/h1-7,10,15,17,19H,8-9H2. The van der Waals surface area contributed by atoms with Gasteiger partial charge in [-0.15, -0.1) is 0 Å². The maximum absolute atomic E-state index is 10.4. The first-order valence-corrected chi connectivity index (χ1v) is 6.71. The lowest BCUT2D eigenvalue weighted by Gasteiger charge is -2.13. The molecule has 100 valence electrons. The number of ether oxygens (including phenoxy) is 1. The molecule has 1 aliphatic rings. The van der Waals surface area contributed by atoms with Crippen LogP contribution >= 0.6 is 0 Å². The third-order valence-corrected chi connectivity index (χ3v) is 3.36. The van der Waals surface area contributed by atoms with Crippen LogP contribution in [0.4, 0.5) is 0 Å². The highest BCUT2D eigenvalue weighted by Gasteiger charge is 2.23. The number of aliphatic hydroxyl groups is 1. The fourth-order valence-electron chi connectivity index (χ4n) is 2.07. The van der Waals surface area contributed by atoms with E-state index in [2.05, 4.69) is 6.07 Å². The Kier molecular flexibility index (Phi) is 3.41. The minimum atomic E-state index is -0.703. The average Bonchev–Trinajstić information content (AvgIpc) is 3.31. The fourth-order valence-corrected chi connectivity index (χ4v) is 2.07. The molecule has 1 N–H and O–H groups in total. The summed E-state index contributed by atoms with van der Waals surface area (Å²) >= 11 is 0. The first-order valence-electron chi connectivity index (χ1n) is 6.71. The maximum Gasteiger partial charge on any atom is 0.120 e. The summed E-state index contributed by atoms with van der Waals surface area (Å²) in [6.07, 6.45) is 1.87. The zero-order valence-electron chi connectivity index (χ0n) is 11.0. The van der Waals surface area contributed by atoms with Crippen molar-refractivity contribution in [3.05, 3.63) is 65.2 Å². The molecule has 2 aromatic carbocycles. The maximum atomic E-state index is 10.4. The SMILES string of the molecule is N#Cc1ccc(C(O)c2cccc(OC3CC3)c2)cc1. The summed E-state index contributed by atoms with van der Waals surface area (Å²) in [7, 11) is 0. The van der Waals surface area contributed by atoms with Crippen LogP contribution in [0.1, 0.15) is 35.6 Å². The molecule has 0 aromatic heterocycles. The first kappa shape index (κ1) is 12.7. The van der Waals surface area contributed by atoms with E-state index in [4.69, 9.17) is 10.00 Å². The zero-order chi connectivity index (χ0) is 13.9. The average molecular weight is 265 g/mol. The molecular formula is C17H15NO2. The third-order valence-electron chi connectivity index (χ3n) is 3.36. The molecule has 3 rings (SSSR count). The molecule has 1 saturated carbocycles. The predicted molar refractivity (Wildman–Crippen MR) is 75.3 cm³/mol. The Hall–Kier alpha value is -2.31. The van der Waals surface area contributed by atoms with E-state index in [1.165, 1.54) is 0 Å². The molecule has 0 spiro atoms. The molecule has 0 amide bonds. The zero-order valence-corrected chi connectivity index (χ0v) is 11.0. The van der Waals surface area contributed by atoms with Crippen LogP contribution in [0.5, 0.6) is 5.75 Å². The molecule has 1 atom stereocenters.